The average Bonchev–Trinajstić information content (AvgIpc) is 2.68. The fraction of sp³-hybridized carbons (Fsp3) is 0.333. The average molecular weight is 393 g/mol. The van der Waals surface area contributed by atoms with Gasteiger partial charge in [0, 0.05) is 51.2 Å². The van der Waals surface area contributed by atoms with Gasteiger partial charge in [-0.2, -0.15) is 13.2 Å². The van der Waals surface area contributed by atoms with Crippen LogP contribution in [0.1, 0.15) is 22.8 Å². The number of carbonyl (C=O) groups excluding carboxylic acids is 2. The number of alkyl halides is 3. The van der Waals surface area contributed by atoms with Crippen LogP contribution in [0.2, 0.25) is 0 Å². The Morgan fingerprint density at radius 1 is 1.04 bits per heavy atom. The minimum Gasteiger partial charge on any atom is -0.339 e. The summed E-state index contributed by atoms with van der Waals surface area (Å²) in [7, 11) is 0. The van der Waals surface area contributed by atoms with E-state index >= 15 is 0 Å². The van der Waals surface area contributed by atoms with Crippen molar-refractivity contribution < 1.29 is 22.8 Å². The van der Waals surface area contributed by atoms with Crippen molar-refractivity contribution in [2.24, 2.45) is 0 Å². The molecule has 1 aromatic carbocycles. The molecule has 1 saturated heterocycles. The molecule has 2 heterocycles. The zero-order chi connectivity index (χ0) is 20.3. The lowest BCUT2D eigenvalue weighted by molar-refractivity contribution is -0.137. The molecule has 2 amide bonds. The van der Waals surface area contributed by atoms with Gasteiger partial charge < -0.3 is 15.1 Å². The molecule has 148 valence electrons. The molecule has 7 nitrogen and oxygen atoms in total. The molecule has 2 aromatic rings. The lowest BCUT2D eigenvalue weighted by atomic mass is 10.2. The molecule has 3 rings (SSSR count). The van der Waals surface area contributed by atoms with Gasteiger partial charge in [-0.1, -0.05) is 6.07 Å². The minimum atomic E-state index is -4.44. The molecule has 0 atom stereocenters. The maximum Gasteiger partial charge on any atom is 0.416 e. The quantitative estimate of drug-likeness (QED) is 0.867. The second-order valence-electron chi connectivity index (χ2n) is 6.30. The van der Waals surface area contributed by atoms with Crippen LogP contribution in [0.4, 0.5) is 24.8 Å². The molecule has 0 aliphatic carbocycles. The molecule has 28 heavy (non-hydrogen) atoms. The van der Waals surface area contributed by atoms with E-state index in [1.807, 2.05) is 0 Å². The molecule has 0 saturated carbocycles. The number of benzene rings is 1. The minimum absolute atomic E-state index is 0.0274. The molecule has 1 aliphatic heterocycles. The van der Waals surface area contributed by atoms with Gasteiger partial charge in [0.05, 0.1) is 11.1 Å². The number of nitrogens with one attached hydrogen (secondary N) is 1. The molecule has 1 fully saturated rings. The van der Waals surface area contributed by atoms with E-state index in [1.54, 1.807) is 9.80 Å². The van der Waals surface area contributed by atoms with Gasteiger partial charge in [0.15, 0.2) is 0 Å². The Morgan fingerprint density at radius 3 is 2.21 bits per heavy atom. The number of hydrogen-bond acceptors (Lipinski definition) is 5. The van der Waals surface area contributed by atoms with E-state index in [4.69, 9.17) is 0 Å². The first kappa shape index (κ1) is 19.6. The normalized spacial score (nSPS) is 14.7. The molecule has 10 heteroatoms. The van der Waals surface area contributed by atoms with Crippen LogP contribution in [0, 0.1) is 0 Å². The monoisotopic (exact) mass is 393 g/mol. The number of piperazine rings is 1. The number of anilines is 2. The molecule has 0 bridgehead atoms. The van der Waals surface area contributed by atoms with Crippen LogP contribution >= 0.6 is 0 Å². The van der Waals surface area contributed by atoms with Gasteiger partial charge in [-0.3, -0.25) is 9.59 Å². The van der Waals surface area contributed by atoms with Crippen molar-refractivity contribution in [3.05, 3.63) is 47.8 Å². The zero-order valence-electron chi connectivity index (χ0n) is 15.0. The number of carbonyl (C=O) groups is 2. The van der Waals surface area contributed by atoms with Gasteiger partial charge in [0.2, 0.25) is 11.9 Å². The van der Waals surface area contributed by atoms with Gasteiger partial charge >= 0.3 is 6.18 Å². The highest BCUT2D eigenvalue weighted by molar-refractivity contribution is 5.94. The molecule has 0 radical (unpaired) electrons. The van der Waals surface area contributed by atoms with E-state index in [2.05, 4.69) is 15.3 Å². The fourth-order valence-corrected chi connectivity index (χ4v) is 2.81. The Labute approximate surface area is 159 Å². The third kappa shape index (κ3) is 4.56. The number of amides is 2. The molecular formula is C18H18F3N5O2. The Morgan fingerprint density at radius 2 is 1.64 bits per heavy atom. The maximum atomic E-state index is 12.8. The summed E-state index contributed by atoms with van der Waals surface area (Å²) in [6, 6.07) is 4.67. The van der Waals surface area contributed by atoms with Gasteiger partial charge in [0.25, 0.3) is 5.91 Å². The van der Waals surface area contributed by atoms with Crippen molar-refractivity contribution >= 4 is 23.5 Å². The van der Waals surface area contributed by atoms with Crippen LogP contribution < -0.4 is 5.32 Å². The molecule has 0 unspecified atom stereocenters. The lowest BCUT2D eigenvalue weighted by Gasteiger charge is -2.34. The summed E-state index contributed by atoms with van der Waals surface area (Å²) in [4.78, 5) is 35.1. The molecule has 1 aliphatic rings. The van der Waals surface area contributed by atoms with Crippen molar-refractivity contribution in [3.63, 3.8) is 0 Å². The smallest absolute Gasteiger partial charge is 0.339 e. The summed E-state index contributed by atoms with van der Waals surface area (Å²) >= 11 is 0. The lowest BCUT2D eigenvalue weighted by Crippen LogP contribution is -2.50. The van der Waals surface area contributed by atoms with Gasteiger partial charge in [0.1, 0.15) is 0 Å². The number of nitrogens with zero attached hydrogens (tertiary/aromatic N) is 4. The molecule has 1 N–H and O–H groups in total. The van der Waals surface area contributed by atoms with E-state index in [9.17, 15) is 22.8 Å². The van der Waals surface area contributed by atoms with Crippen LogP contribution in [-0.2, 0) is 11.0 Å². The first-order valence-electron chi connectivity index (χ1n) is 8.55. The van der Waals surface area contributed by atoms with E-state index in [1.165, 1.54) is 31.5 Å². The standard InChI is InChI=1S/C18H18F3N5O2/c1-12(27)25-5-7-26(8-6-25)16(28)13-10-22-17(23-11-13)24-15-4-2-3-14(9-15)18(19,20)21/h2-4,9-11H,5-8H2,1H3,(H,22,23,24). The molecule has 0 spiro atoms. The van der Waals surface area contributed by atoms with Gasteiger partial charge in [-0.05, 0) is 18.2 Å². The van der Waals surface area contributed by atoms with Crippen LogP contribution in [0.25, 0.3) is 0 Å². The van der Waals surface area contributed by atoms with Gasteiger partial charge in [-0.15, -0.1) is 0 Å². The van der Waals surface area contributed by atoms with Crippen molar-refractivity contribution in [1.29, 1.82) is 0 Å². The van der Waals surface area contributed by atoms with E-state index in [-0.39, 0.29) is 29.0 Å². The first-order chi connectivity index (χ1) is 13.2. The largest absolute Gasteiger partial charge is 0.416 e. The highest BCUT2D eigenvalue weighted by Gasteiger charge is 2.30. The van der Waals surface area contributed by atoms with Crippen molar-refractivity contribution in [3.8, 4) is 0 Å². The van der Waals surface area contributed by atoms with E-state index < -0.39 is 11.7 Å². The van der Waals surface area contributed by atoms with Gasteiger partial charge in [-0.25, -0.2) is 9.97 Å². The van der Waals surface area contributed by atoms with Crippen molar-refractivity contribution in [2.75, 3.05) is 31.5 Å². The van der Waals surface area contributed by atoms with E-state index in [0.29, 0.717) is 26.2 Å². The summed E-state index contributed by atoms with van der Waals surface area (Å²) in [6.07, 6.45) is -1.80. The highest BCUT2D eigenvalue weighted by atomic mass is 19.4. The topological polar surface area (TPSA) is 78.4 Å². The van der Waals surface area contributed by atoms with Crippen molar-refractivity contribution in [2.45, 2.75) is 13.1 Å². The first-order valence-corrected chi connectivity index (χ1v) is 8.55. The zero-order valence-corrected chi connectivity index (χ0v) is 15.0. The maximum absolute atomic E-state index is 12.8. The van der Waals surface area contributed by atoms with Crippen LogP contribution in [0.15, 0.2) is 36.7 Å². The predicted octanol–water partition coefficient (Wildman–Crippen LogP) is 2.54. The fourth-order valence-electron chi connectivity index (χ4n) is 2.81. The third-order valence-corrected chi connectivity index (χ3v) is 4.36. The SMILES string of the molecule is CC(=O)N1CCN(C(=O)c2cnc(Nc3cccc(C(F)(F)F)c3)nc2)CC1. The van der Waals surface area contributed by atoms with Crippen LogP contribution in [-0.4, -0.2) is 57.8 Å². The Balaban J connectivity index is 1.64. The predicted molar refractivity (Wildman–Crippen MR) is 94.9 cm³/mol. The second-order valence-corrected chi connectivity index (χ2v) is 6.30. The van der Waals surface area contributed by atoms with Crippen LogP contribution in [0.5, 0.6) is 0 Å². The molecular weight excluding hydrogens is 375 g/mol. The molecule has 1 aromatic heterocycles. The Hall–Kier alpha value is -3.17. The Bertz CT molecular complexity index is 862. The summed E-state index contributed by atoms with van der Waals surface area (Å²) < 4.78 is 38.3. The number of aromatic nitrogens is 2. The number of hydrogen-bond donors (Lipinski definition) is 1. The summed E-state index contributed by atoms with van der Waals surface area (Å²) in [5.74, 6) is -0.202. The second kappa shape index (κ2) is 7.83. The summed E-state index contributed by atoms with van der Waals surface area (Å²) in [5.41, 5.74) is -0.325. The summed E-state index contributed by atoms with van der Waals surface area (Å²) in [5, 5.41) is 2.69. The Kier molecular flexibility index (Phi) is 5.48. The summed E-state index contributed by atoms with van der Waals surface area (Å²) in [6.45, 7) is 3.26. The third-order valence-electron chi connectivity index (χ3n) is 4.36. The van der Waals surface area contributed by atoms with Crippen molar-refractivity contribution in [1.82, 2.24) is 19.8 Å². The number of rotatable bonds is 3. The van der Waals surface area contributed by atoms with E-state index in [0.717, 1.165) is 12.1 Å². The van der Waals surface area contributed by atoms with Crippen LogP contribution in [0.3, 0.4) is 0 Å². The number of halogens is 3. The highest BCUT2D eigenvalue weighted by Crippen LogP contribution is 2.31.